The van der Waals surface area contributed by atoms with E-state index in [4.69, 9.17) is 28.3 Å². The molecule has 0 heterocycles. The van der Waals surface area contributed by atoms with E-state index in [-0.39, 0.29) is 5.56 Å². The molecule has 2 aromatic carbocycles. The number of carbonyl (C=O) groups is 1. The van der Waals surface area contributed by atoms with Crippen molar-refractivity contribution in [1.82, 2.24) is 0 Å². The highest BCUT2D eigenvalue weighted by Gasteiger charge is 2.05. The molecule has 0 aliphatic heterocycles. The molecule has 2 N–H and O–H groups in total. The predicted molar refractivity (Wildman–Crippen MR) is 85.7 cm³/mol. The van der Waals surface area contributed by atoms with Gasteiger partial charge in [0.2, 0.25) is 0 Å². The van der Waals surface area contributed by atoms with Gasteiger partial charge >= 0.3 is 5.97 Å². The Morgan fingerprint density at radius 2 is 1.81 bits per heavy atom. The minimum absolute atomic E-state index is 0.221. The third-order valence-corrected chi connectivity index (χ3v) is 3.37. The molecular weight excluding hydrogens is 311 g/mol. The van der Waals surface area contributed by atoms with Gasteiger partial charge in [-0.05, 0) is 49.4 Å². The smallest absolute Gasteiger partial charge is 0.335 e. The van der Waals surface area contributed by atoms with E-state index < -0.39 is 5.97 Å². The van der Waals surface area contributed by atoms with E-state index in [1.165, 1.54) is 12.1 Å². The lowest BCUT2D eigenvalue weighted by molar-refractivity contribution is 0.0697. The molecule has 0 amide bonds. The Morgan fingerprint density at radius 3 is 2.43 bits per heavy atom. The van der Waals surface area contributed by atoms with Crippen LogP contribution < -0.4 is 5.43 Å². The molecule has 0 spiro atoms. The molecule has 2 aromatic rings. The zero-order valence-electron chi connectivity index (χ0n) is 11.1. The number of carboxylic acids is 1. The Morgan fingerprint density at radius 1 is 1.14 bits per heavy atom. The minimum Gasteiger partial charge on any atom is -0.478 e. The first-order chi connectivity index (χ1) is 9.97. The molecule has 4 nitrogen and oxygen atoms in total. The van der Waals surface area contributed by atoms with Gasteiger partial charge in [-0.15, -0.1) is 0 Å². The number of hydrogen-bond donors (Lipinski definition) is 2. The molecular formula is C15H12Cl2N2O2. The van der Waals surface area contributed by atoms with Crippen molar-refractivity contribution in [3.63, 3.8) is 0 Å². The lowest BCUT2D eigenvalue weighted by Crippen LogP contribution is -2.01. The van der Waals surface area contributed by atoms with E-state index in [0.29, 0.717) is 21.4 Å². The average molecular weight is 323 g/mol. The molecule has 21 heavy (non-hydrogen) atoms. The molecule has 0 bridgehead atoms. The van der Waals surface area contributed by atoms with Crippen molar-refractivity contribution in [3.8, 4) is 0 Å². The number of nitrogens with zero attached hydrogens (tertiary/aromatic N) is 1. The van der Waals surface area contributed by atoms with Crippen molar-refractivity contribution in [1.29, 1.82) is 0 Å². The molecule has 0 fully saturated rings. The molecule has 2 rings (SSSR count). The number of aromatic carboxylic acids is 1. The highest BCUT2D eigenvalue weighted by Crippen LogP contribution is 2.21. The summed E-state index contributed by atoms with van der Waals surface area (Å²) in [5.41, 5.74) is 5.15. The highest BCUT2D eigenvalue weighted by atomic mass is 35.5. The quantitative estimate of drug-likeness (QED) is 0.642. The number of benzene rings is 2. The van der Waals surface area contributed by atoms with Crippen LogP contribution in [0, 0.1) is 0 Å². The molecule has 0 aromatic heterocycles. The van der Waals surface area contributed by atoms with Gasteiger partial charge in [-0.3, -0.25) is 5.43 Å². The Balaban J connectivity index is 2.16. The predicted octanol–water partition coefficient (Wildman–Crippen LogP) is 4.53. The summed E-state index contributed by atoms with van der Waals surface area (Å²) >= 11 is 12.0. The molecule has 0 aliphatic rings. The van der Waals surface area contributed by atoms with Crippen molar-refractivity contribution < 1.29 is 9.90 Å². The largest absolute Gasteiger partial charge is 0.478 e. The standard InChI is InChI=1S/C15H12Cl2N2O2/c1-9(13-8-11(16)4-7-14(13)17)18-19-12-5-2-10(3-6-12)15(20)21/h2-8,19H,1H3,(H,20,21)/b18-9+. The molecule has 0 unspecified atom stereocenters. The molecule has 108 valence electrons. The van der Waals surface area contributed by atoms with Gasteiger partial charge in [0.25, 0.3) is 0 Å². The van der Waals surface area contributed by atoms with E-state index in [0.717, 1.165) is 5.56 Å². The molecule has 0 atom stereocenters. The Hall–Kier alpha value is -2.04. The summed E-state index contributed by atoms with van der Waals surface area (Å²) in [5.74, 6) is -0.966. The summed E-state index contributed by atoms with van der Waals surface area (Å²) in [4.78, 5) is 10.8. The van der Waals surface area contributed by atoms with Crippen LogP contribution >= 0.6 is 23.2 Å². The third kappa shape index (κ3) is 3.97. The topological polar surface area (TPSA) is 61.7 Å². The molecule has 6 heteroatoms. The number of hydrogen-bond acceptors (Lipinski definition) is 3. The number of anilines is 1. The second kappa shape index (κ2) is 6.61. The lowest BCUT2D eigenvalue weighted by Gasteiger charge is -2.06. The number of hydrazone groups is 1. The van der Waals surface area contributed by atoms with E-state index >= 15 is 0 Å². The second-order valence-corrected chi connectivity index (χ2v) is 5.16. The van der Waals surface area contributed by atoms with Gasteiger partial charge in [-0.1, -0.05) is 23.2 Å². The van der Waals surface area contributed by atoms with Crippen LogP contribution in [0.15, 0.2) is 47.6 Å². The normalized spacial score (nSPS) is 11.3. The van der Waals surface area contributed by atoms with Crippen LogP contribution in [0.4, 0.5) is 5.69 Å². The first-order valence-electron chi connectivity index (χ1n) is 6.06. The number of carboxylic acid groups (broad SMARTS) is 1. The first-order valence-corrected chi connectivity index (χ1v) is 6.82. The molecule has 0 radical (unpaired) electrons. The molecule has 0 saturated heterocycles. The number of halogens is 2. The third-order valence-electron chi connectivity index (χ3n) is 2.80. The van der Waals surface area contributed by atoms with Crippen LogP contribution in [0.1, 0.15) is 22.8 Å². The van der Waals surface area contributed by atoms with Crippen molar-refractivity contribution >= 4 is 40.6 Å². The maximum absolute atomic E-state index is 10.8. The summed E-state index contributed by atoms with van der Waals surface area (Å²) in [6.07, 6.45) is 0. The molecule has 0 saturated carbocycles. The van der Waals surface area contributed by atoms with E-state index in [2.05, 4.69) is 10.5 Å². The highest BCUT2D eigenvalue weighted by molar-refractivity contribution is 6.36. The van der Waals surface area contributed by atoms with Gasteiger partial charge in [0.1, 0.15) is 0 Å². The summed E-state index contributed by atoms with van der Waals surface area (Å²) in [5, 5.41) is 14.2. The summed E-state index contributed by atoms with van der Waals surface area (Å²) in [6.45, 7) is 1.80. The zero-order chi connectivity index (χ0) is 15.4. The monoisotopic (exact) mass is 322 g/mol. The van der Waals surface area contributed by atoms with Crippen molar-refractivity contribution in [2.75, 3.05) is 5.43 Å². The fraction of sp³-hybridized carbons (Fsp3) is 0.0667. The van der Waals surface area contributed by atoms with Crippen LogP contribution in [0.3, 0.4) is 0 Å². The van der Waals surface area contributed by atoms with Gasteiger partial charge in [0.15, 0.2) is 0 Å². The summed E-state index contributed by atoms with van der Waals surface area (Å²) < 4.78 is 0. The first kappa shape index (κ1) is 15.4. The Kier molecular flexibility index (Phi) is 4.83. The van der Waals surface area contributed by atoms with Crippen LogP contribution in [-0.2, 0) is 0 Å². The Bertz CT molecular complexity index is 697. The van der Waals surface area contributed by atoms with Gasteiger partial charge in [-0.2, -0.15) is 5.10 Å². The van der Waals surface area contributed by atoms with Crippen molar-refractivity contribution in [2.45, 2.75) is 6.92 Å². The van der Waals surface area contributed by atoms with Crippen LogP contribution in [-0.4, -0.2) is 16.8 Å². The zero-order valence-corrected chi connectivity index (χ0v) is 12.6. The van der Waals surface area contributed by atoms with Gasteiger partial charge in [-0.25, -0.2) is 4.79 Å². The van der Waals surface area contributed by atoms with E-state index in [9.17, 15) is 4.79 Å². The lowest BCUT2D eigenvalue weighted by atomic mass is 10.1. The Labute approximate surface area is 132 Å². The van der Waals surface area contributed by atoms with Crippen LogP contribution in [0.2, 0.25) is 10.0 Å². The summed E-state index contributed by atoms with van der Waals surface area (Å²) in [6, 6.07) is 11.4. The average Bonchev–Trinajstić information content (AvgIpc) is 2.47. The maximum atomic E-state index is 10.8. The maximum Gasteiger partial charge on any atom is 0.335 e. The fourth-order valence-corrected chi connectivity index (χ4v) is 2.10. The van der Waals surface area contributed by atoms with Gasteiger partial charge in [0, 0.05) is 15.6 Å². The van der Waals surface area contributed by atoms with Crippen molar-refractivity contribution in [2.24, 2.45) is 5.10 Å². The SMILES string of the molecule is C/C(=N\Nc1ccc(C(=O)O)cc1)c1cc(Cl)ccc1Cl. The minimum atomic E-state index is -0.966. The fourth-order valence-electron chi connectivity index (χ4n) is 1.67. The molecule has 0 aliphatic carbocycles. The number of nitrogens with one attached hydrogen (secondary N) is 1. The second-order valence-electron chi connectivity index (χ2n) is 4.32. The van der Waals surface area contributed by atoms with Crippen LogP contribution in [0.5, 0.6) is 0 Å². The summed E-state index contributed by atoms with van der Waals surface area (Å²) in [7, 11) is 0. The van der Waals surface area contributed by atoms with E-state index in [1.54, 1.807) is 37.3 Å². The van der Waals surface area contributed by atoms with Gasteiger partial charge < -0.3 is 5.11 Å². The van der Waals surface area contributed by atoms with Gasteiger partial charge in [0.05, 0.1) is 17.0 Å². The number of rotatable bonds is 4. The van der Waals surface area contributed by atoms with E-state index in [1.807, 2.05) is 0 Å². The van der Waals surface area contributed by atoms with Crippen molar-refractivity contribution in [3.05, 3.63) is 63.6 Å². The van der Waals surface area contributed by atoms with Crippen LogP contribution in [0.25, 0.3) is 0 Å².